The number of hydrogen-bond acceptors (Lipinski definition) is 3. The molecule has 5 heteroatoms. The number of carbonyl (C=O) groups is 1. The van der Waals surface area contributed by atoms with Crippen molar-refractivity contribution in [2.75, 3.05) is 11.9 Å². The molecule has 116 valence electrons. The number of rotatable bonds is 4. The molecule has 1 amide bonds. The van der Waals surface area contributed by atoms with Gasteiger partial charge in [0.15, 0.2) is 6.61 Å². The normalized spacial score (nSPS) is 10.5. The quantitative estimate of drug-likeness (QED) is 0.781. The van der Waals surface area contributed by atoms with E-state index in [1.807, 2.05) is 43.3 Å². The van der Waals surface area contributed by atoms with E-state index in [2.05, 4.69) is 10.3 Å². The zero-order valence-electron chi connectivity index (χ0n) is 12.5. The summed E-state index contributed by atoms with van der Waals surface area (Å²) in [6, 6.07) is 14.7. The van der Waals surface area contributed by atoms with E-state index in [4.69, 9.17) is 16.3 Å². The molecule has 4 nitrogen and oxygen atoms in total. The van der Waals surface area contributed by atoms with E-state index in [-0.39, 0.29) is 12.5 Å². The first kappa shape index (κ1) is 15.3. The summed E-state index contributed by atoms with van der Waals surface area (Å²) in [6.07, 6.45) is 1.66. The monoisotopic (exact) mass is 326 g/mol. The minimum atomic E-state index is -0.229. The number of halogens is 1. The summed E-state index contributed by atoms with van der Waals surface area (Å²) < 4.78 is 5.60. The van der Waals surface area contributed by atoms with Gasteiger partial charge in [-0.25, -0.2) is 0 Å². The van der Waals surface area contributed by atoms with Crippen molar-refractivity contribution in [1.29, 1.82) is 0 Å². The van der Waals surface area contributed by atoms with Crippen molar-refractivity contribution in [3.8, 4) is 5.75 Å². The Morgan fingerprint density at radius 1 is 1.17 bits per heavy atom. The lowest BCUT2D eigenvalue weighted by Crippen LogP contribution is -2.20. The molecule has 0 radical (unpaired) electrons. The fourth-order valence-corrected chi connectivity index (χ4v) is 2.42. The number of aromatic nitrogens is 1. The Balaban J connectivity index is 1.70. The minimum Gasteiger partial charge on any atom is -0.481 e. The van der Waals surface area contributed by atoms with Crippen molar-refractivity contribution in [1.82, 2.24) is 4.98 Å². The number of fused-ring (bicyclic) bond motifs is 1. The van der Waals surface area contributed by atoms with Crippen LogP contribution in [0.5, 0.6) is 5.75 Å². The van der Waals surface area contributed by atoms with Gasteiger partial charge in [0.2, 0.25) is 0 Å². The maximum atomic E-state index is 12.0. The molecular formula is C18H15ClN2O2. The summed E-state index contributed by atoms with van der Waals surface area (Å²) in [5.74, 6) is 0.303. The maximum Gasteiger partial charge on any atom is 0.262 e. The highest BCUT2D eigenvalue weighted by Crippen LogP contribution is 2.29. The van der Waals surface area contributed by atoms with Gasteiger partial charge in [0.05, 0.1) is 5.02 Å². The second-order valence-electron chi connectivity index (χ2n) is 5.15. The number of aryl methyl sites for hydroxylation is 1. The fraction of sp³-hybridized carbons (Fsp3) is 0.111. The molecule has 0 atom stereocenters. The van der Waals surface area contributed by atoms with Crippen LogP contribution in [0.15, 0.2) is 54.7 Å². The van der Waals surface area contributed by atoms with E-state index < -0.39 is 0 Å². The largest absolute Gasteiger partial charge is 0.481 e. The van der Waals surface area contributed by atoms with Gasteiger partial charge in [0.25, 0.3) is 5.91 Å². The predicted molar refractivity (Wildman–Crippen MR) is 92.1 cm³/mol. The number of pyridine rings is 1. The van der Waals surface area contributed by atoms with Gasteiger partial charge in [0.1, 0.15) is 11.3 Å². The van der Waals surface area contributed by atoms with Gasteiger partial charge in [0, 0.05) is 17.3 Å². The third kappa shape index (κ3) is 3.60. The maximum absolute atomic E-state index is 12.0. The second-order valence-corrected chi connectivity index (χ2v) is 5.56. The van der Waals surface area contributed by atoms with E-state index in [0.29, 0.717) is 16.3 Å². The summed E-state index contributed by atoms with van der Waals surface area (Å²) in [6.45, 7) is 1.90. The number of nitrogens with zero attached hydrogens (tertiary/aromatic N) is 1. The fourth-order valence-electron chi connectivity index (χ4n) is 2.21. The molecule has 0 aliphatic carbocycles. The van der Waals surface area contributed by atoms with Gasteiger partial charge in [-0.3, -0.25) is 9.78 Å². The van der Waals surface area contributed by atoms with Crippen LogP contribution in [0.1, 0.15) is 5.56 Å². The highest BCUT2D eigenvalue weighted by Gasteiger charge is 2.09. The van der Waals surface area contributed by atoms with Crippen LogP contribution in [0, 0.1) is 6.92 Å². The number of amides is 1. The first-order valence-electron chi connectivity index (χ1n) is 7.16. The molecule has 1 heterocycles. The van der Waals surface area contributed by atoms with Gasteiger partial charge < -0.3 is 10.1 Å². The third-order valence-corrected chi connectivity index (χ3v) is 3.70. The van der Waals surface area contributed by atoms with Crippen LogP contribution in [-0.2, 0) is 4.79 Å². The number of carbonyl (C=O) groups excluding carboxylic acids is 1. The van der Waals surface area contributed by atoms with Gasteiger partial charge in [-0.1, -0.05) is 29.3 Å². The summed E-state index contributed by atoms with van der Waals surface area (Å²) in [5.41, 5.74) is 2.52. The topological polar surface area (TPSA) is 51.2 Å². The summed E-state index contributed by atoms with van der Waals surface area (Å²) >= 11 is 6.14. The Hall–Kier alpha value is -2.59. The Bertz CT molecular complexity index is 847. The zero-order chi connectivity index (χ0) is 16.2. The molecule has 1 aromatic heterocycles. The average molecular weight is 327 g/mol. The van der Waals surface area contributed by atoms with Crippen LogP contribution in [0.25, 0.3) is 10.9 Å². The highest BCUT2D eigenvalue weighted by molar-refractivity contribution is 6.35. The standard InChI is InChI=1S/C18H15ClN2O2/c1-12-4-6-13(7-5-12)21-17(22)11-23-16-9-8-15(19)14-3-2-10-20-18(14)16/h2-10H,11H2,1H3,(H,21,22). The number of benzene rings is 2. The number of hydrogen-bond donors (Lipinski definition) is 1. The van der Waals surface area contributed by atoms with E-state index in [1.165, 1.54) is 0 Å². The number of anilines is 1. The first-order valence-corrected chi connectivity index (χ1v) is 7.54. The first-order chi connectivity index (χ1) is 11.1. The molecule has 0 aliphatic rings. The highest BCUT2D eigenvalue weighted by atomic mass is 35.5. The van der Waals surface area contributed by atoms with E-state index in [0.717, 1.165) is 16.6 Å². The van der Waals surface area contributed by atoms with Crippen LogP contribution >= 0.6 is 11.6 Å². The van der Waals surface area contributed by atoms with Gasteiger partial charge in [-0.2, -0.15) is 0 Å². The van der Waals surface area contributed by atoms with Crippen LogP contribution in [0.3, 0.4) is 0 Å². The van der Waals surface area contributed by atoms with Gasteiger partial charge in [-0.05, 0) is 43.3 Å². The van der Waals surface area contributed by atoms with Crippen molar-refractivity contribution in [3.63, 3.8) is 0 Å². The Morgan fingerprint density at radius 2 is 1.96 bits per heavy atom. The van der Waals surface area contributed by atoms with E-state index in [1.54, 1.807) is 18.3 Å². The van der Waals surface area contributed by atoms with Crippen molar-refractivity contribution >= 4 is 34.1 Å². The predicted octanol–water partition coefficient (Wildman–Crippen LogP) is 4.21. The van der Waals surface area contributed by atoms with E-state index in [9.17, 15) is 4.79 Å². The lowest BCUT2D eigenvalue weighted by atomic mass is 10.2. The molecule has 0 fully saturated rings. The molecule has 3 rings (SSSR count). The van der Waals surface area contributed by atoms with Crippen LogP contribution in [0.2, 0.25) is 5.02 Å². The molecule has 0 spiro atoms. The zero-order valence-corrected chi connectivity index (χ0v) is 13.3. The van der Waals surface area contributed by atoms with Crippen LogP contribution in [0.4, 0.5) is 5.69 Å². The Morgan fingerprint density at radius 3 is 2.74 bits per heavy atom. The molecule has 2 aromatic carbocycles. The number of nitrogens with one attached hydrogen (secondary N) is 1. The third-order valence-electron chi connectivity index (χ3n) is 3.37. The molecule has 0 unspecified atom stereocenters. The Labute approximate surface area is 139 Å². The lowest BCUT2D eigenvalue weighted by molar-refractivity contribution is -0.118. The summed E-state index contributed by atoms with van der Waals surface area (Å²) in [4.78, 5) is 16.3. The molecule has 0 bridgehead atoms. The summed E-state index contributed by atoms with van der Waals surface area (Å²) in [7, 11) is 0. The minimum absolute atomic E-state index is 0.0960. The van der Waals surface area contributed by atoms with Crippen molar-refractivity contribution in [3.05, 3.63) is 65.3 Å². The van der Waals surface area contributed by atoms with Crippen molar-refractivity contribution in [2.45, 2.75) is 6.92 Å². The molecule has 0 aliphatic heterocycles. The molecule has 1 N–H and O–H groups in total. The molecule has 3 aromatic rings. The molecule has 0 saturated carbocycles. The van der Waals surface area contributed by atoms with Crippen LogP contribution in [-0.4, -0.2) is 17.5 Å². The molecule has 23 heavy (non-hydrogen) atoms. The summed E-state index contributed by atoms with van der Waals surface area (Å²) in [5, 5.41) is 4.19. The SMILES string of the molecule is Cc1ccc(NC(=O)COc2ccc(Cl)c3cccnc23)cc1. The second kappa shape index (κ2) is 6.67. The van der Waals surface area contributed by atoms with Gasteiger partial charge in [-0.15, -0.1) is 0 Å². The smallest absolute Gasteiger partial charge is 0.262 e. The Kier molecular flexibility index (Phi) is 4.44. The average Bonchev–Trinajstić information content (AvgIpc) is 2.57. The van der Waals surface area contributed by atoms with Crippen molar-refractivity contribution in [2.24, 2.45) is 0 Å². The lowest BCUT2D eigenvalue weighted by Gasteiger charge is -2.10. The van der Waals surface area contributed by atoms with E-state index >= 15 is 0 Å². The number of ether oxygens (including phenoxy) is 1. The van der Waals surface area contributed by atoms with Gasteiger partial charge >= 0.3 is 0 Å². The molecular weight excluding hydrogens is 312 g/mol. The van der Waals surface area contributed by atoms with Crippen LogP contribution < -0.4 is 10.1 Å². The van der Waals surface area contributed by atoms with Crippen molar-refractivity contribution < 1.29 is 9.53 Å². The molecule has 0 saturated heterocycles.